The number of pyridine rings is 1. The molecule has 0 atom stereocenters. The van der Waals surface area contributed by atoms with Gasteiger partial charge >= 0.3 is 0 Å². The number of benzene rings is 2. The Morgan fingerprint density at radius 2 is 1.72 bits per heavy atom. The largest absolute Gasteiger partial charge is 0.322 e. The third kappa shape index (κ3) is 4.89. The quantitative estimate of drug-likeness (QED) is 0.381. The van der Waals surface area contributed by atoms with Crippen LogP contribution in [-0.2, 0) is 12.3 Å². The van der Waals surface area contributed by atoms with E-state index in [1.807, 2.05) is 61.5 Å². The maximum Gasteiger partial charge on any atom is 0.255 e. The molecule has 0 aliphatic heterocycles. The Morgan fingerprint density at radius 3 is 2.41 bits per heavy atom. The SMILES string of the molecule is CCn1c(SCc2ccc(C(=O)Nc3ccc(C)c(C)c3)cc2)nnc1-c1ccncc1. The van der Waals surface area contributed by atoms with Gasteiger partial charge in [0.1, 0.15) is 0 Å². The number of aryl methyl sites for hydroxylation is 2. The third-order valence-electron chi connectivity index (χ3n) is 5.32. The minimum atomic E-state index is -0.111. The van der Waals surface area contributed by atoms with Crippen LogP contribution in [0.4, 0.5) is 5.69 Å². The van der Waals surface area contributed by atoms with Gasteiger partial charge in [-0.2, -0.15) is 0 Å². The fourth-order valence-electron chi connectivity index (χ4n) is 3.32. The molecule has 162 valence electrons. The van der Waals surface area contributed by atoms with E-state index in [9.17, 15) is 4.79 Å². The van der Waals surface area contributed by atoms with Crippen LogP contribution in [0.2, 0.25) is 0 Å². The van der Waals surface area contributed by atoms with Crippen LogP contribution in [0.5, 0.6) is 0 Å². The number of nitrogens with one attached hydrogen (secondary N) is 1. The smallest absolute Gasteiger partial charge is 0.255 e. The van der Waals surface area contributed by atoms with Gasteiger partial charge in [0, 0.05) is 41.5 Å². The highest BCUT2D eigenvalue weighted by Crippen LogP contribution is 2.26. The first kappa shape index (κ1) is 21.8. The van der Waals surface area contributed by atoms with Crippen LogP contribution in [0.15, 0.2) is 72.1 Å². The van der Waals surface area contributed by atoms with Gasteiger partial charge in [0.15, 0.2) is 11.0 Å². The summed E-state index contributed by atoms with van der Waals surface area (Å²) in [6.07, 6.45) is 3.52. The first-order valence-electron chi connectivity index (χ1n) is 10.5. The molecule has 2 heterocycles. The molecule has 0 aliphatic carbocycles. The molecule has 2 aromatic carbocycles. The second-order valence-electron chi connectivity index (χ2n) is 7.53. The fraction of sp³-hybridized carbons (Fsp3) is 0.200. The molecule has 0 saturated heterocycles. The second kappa shape index (κ2) is 9.78. The zero-order valence-corrected chi connectivity index (χ0v) is 19.2. The number of carbonyl (C=O) groups excluding carboxylic acids is 1. The summed E-state index contributed by atoms with van der Waals surface area (Å²) in [7, 11) is 0. The van der Waals surface area contributed by atoms with Gasteiger partial charge in [0.25, 0.3) is 5.91 Å². The summed E-state index contributed by atoms with van der Waals surface area (Å²) in [5.74, 6) is 1.48. The summed E-state index contributed by atoms with van der Waals surface area (Å²) in [6.45, 7) is 6.96. The molecule has 1 amide bonds. The normalized spacial score (nSPS) is 10.8. The van der Waals surface area contributed by atoms with Gasteiger partial charge in [-0.15, -0.1) is 10.2 Å². The van der Waals surface area contributed by atoms with Crippen LogP contribution >= 0.6 is 11.8 Å². The minimum absolute atomic E-state index is 0.111. The lowest BCUT2D eigenvalue weighted by atomic mass is 10.1. The lowest BCUT2D eigenvalue weighted by Gasteiger charge is -2.09. The van der Waals surface area contributed by atoms with Crippen LogP contribution in [0.25, 0.3) is 11.4 Å². The van der Waals surface area contributed by atoms with E-state index in [2.05, 4.69) is 38.9 Å². The molecule has 6 nitrogen and oxygen atoms in total. The van der Waals surface area contributed by atoms with Gasteiger partial charge < -0.3 is 9.88 Å². The summed E-state index contributed by atoms with van der Waals surface area (Å²) in [6, 6.07) is 17.5. The van der Waals surface area contributed by atoms with Gasteiger partial charge in [0.05, 0.1) is 0 Å². The lowest BCUT2D eigenvalue weighted by molar-refractivity contribution is 0.102. The Balaban J connectivity index is 1.40. The molecule has 0 radical (unpaired) electrons. The molecule has 0 saturated carbocycles. The molecule has 32 heavy (non-hydrogen) atoms. The van der Waals surface area contributed by atoms with Gasteiger partial charge in [-0.3, -0.25) is 9.78 Å². The van der Waals surface area contributed by atoms with Crippen molar-refractivity contribution in [1.82, 2.24) is 19.7 Å². The lowest BCUT2D eigenvalue weighted by Crippen LogP contribution is -2.12. The molecule has 0 unspecified atom stereocenters. The maximum absolute atomic E-state index is 12.6. The van der Waals surface area contributed by atoms with Gasteiger partial charge in [0.2, 0.25) is 0 Å². The summed E-state index contributed by atoms with van der Waals surface area (Å²) in [5, 5.41) is 12.6. The topological polar surface area (TPSA) is 72.7 Å². The molecule has 2 aromatic heterocycles. The molecule has 4 aromatic rings. The molecular formula is C25H25N5OS. The Kier molecular flexibility index (Phi) is 6.66. The number of carbonyl (C=O) groups is 1. The Hall–Kier alpha value is -3.45. The van der Waals surface area contributed by atoms with Gasteiger partial charge in [-0.25, -0.2) is 0 Å². The first-order valence-corrected chi connectivity index (χ1v) is 11.5. The monoisotopic (exact) mass is 443 g/mol. The van der Waals surface area contributed by atoms with Gasteiger partial charge in [-0.1, -0.05) is 30.0 Å². The van der Waals surface area contributed by atoms with E-state index in [1.165, 1.54) is 5.56 Å². The summed E-state index contributed by atoms with van der Waals surface area (Å²) in [5.41, 5.74) is 5.92. The summed E-state index contributed by atoms with van der Waals surface area (Å²) < 4.78 is 2.10. The van der Waals surface area contributed by atoms with Gasteiger partial charge in [-0.05, 0) is 73.9 Å². The van der Waals surface area contributed by atoms with E-state index in [0.29, 0.717) is 5.56 Å². The van der Waals surface area contributed by atoms with Crippen molar-refractivity contribution in [2.75, 3.05) is 5.32 Å². The first-order chi connectivity index (χ1) is 15.5. The highest BCUT2D eigenvalue weighted by molar-refractivity contribution is 7.98. The molecule has 7 heteroatoms. The maximum atomic E-state index is 12.6. The van der Waals surface area contributed by atoms with E-state index in [-0.39, 0.29) is 5.91 Å². The number of rotatable bonds is 7. The molecule has 0 bridgehead atoms. The second-order valence-corrected chi connectivity index (χ2v) is 8.47. The number of nitrogens with zero attached hydrogens (tertiary/aromatic N) is 4. The van der Waals surface area contributed by atoms with Crippen LogP contribution < -0.4 is 5.32 Å². The number of anilines is 1. The van der Waals surface area contributed by atoms with Crippen molar-refractivity contribution in [3.63, 3.8) is 0 Å². The number of aromatic nitrogens is 4. The highest BCUT2D eigenvalue weighted by Gasteiger charge is 2.13. The third-order valence-corrected chi connectivity index (χ3v) is 6.36. The average Bonchev–Trinajstić information content (AvgIpc) is 3.24. The molecular weight excluding hydrogens is 418 g/mol. The number of hydrogen-bond acceptors (Lipinski definition) is 5. The van der Waals surface area contributed by atoms with Crippen LogP contribution in [0, 0.1) is 13.8 Å². The van der Waals surface area contributed by atoms with E-state index in [1.54, 1.807) is 24.2 Å². The van der Waals surface area contributed by atoms with Crippen LogP contribution in [0.1, 0.15) is 34.0 Å². The van der Waals surface area contributed by atoms with Crippen molar-refractivity contribution in [3.8, 4) is 11.4 Å². The van der Waals surface area contributed by atoms with Crippen molar-refractivity contribution >= 4 is 23.4 Å². The van der Waals surface area contributed by atoms with E-state index in [4.69, 9.17) is 0 Å². The summed E-state index contributed by atoms with van der Waals surface area (Å²) >= 11 is 1.63. The molecule has 0 aliphatic rings. The fourth-order valence-corrected chi connectivity index (χ4v) is 4.28. The minimum Gasteiger partial charge on any atom is -0.322 e. The van der Waals surface area contributed by atoms with E-state index < -0.39 is 0 Å². The predicted octanol–water partition coefficient (Wildman–Crippen LogP) is 5.52. The zero-order chi connectivity index (χ0) is 22.5. The van der Waals surface area contributed by atoms with E-state index in [0.717, 1.165) is 45.7 Å². The van der Waals surface area contributed by atoms with E-state index >= 15 is 0 Å². The predicted molar refractivity (Wildman–Crippen MR) is 129 cm³/mol. The summed E-state index contributed by atoms with van der Waals surface area (Å²) in [4.78, 5) is 16.6. The Bertz CT molecular complexity index is 1220. The Labute approximate surface area is 192 Å². The number of thioether (sulfide) groups is 1. The van der Waals surface area contributed by atoms with Crippen molar-refractivity contribution in [3.05, 3.63) is 89.2 Å². The molecule has 0 spiro atoms. The molecule has 4 rings (SSSR count). The molecule has 1 N–H and O–H groups in total. The average molecular weight is 444 g/mol. The van der Waals surface area contributed by atoms with Crippen molar-refractivity contribution in [2.24, 2.45) is 0 Å². The van der Waals surface area contributed by atoms with Crippen LogP contribution in [0.3, 0.4) is 0 Å². The highest BCUT2D eigenvalue weighted by atomic mass is 32.2. The van der Waals surface area contributed by atoms with Crippen molar-refractivity contribution in [1.29, 1.82) is 0 Å². The van der Waals surface area contributed by atoms with Crippen molar-refractivity contribution < 1.29 is 4.79 Å². The standard InChI is InChI=1S/C25H25N5OS/c1-4-30-23(20-11-13-26-14-12-20)28-29-25(30)32-16-19-6-8-21(9-7-19)24(31)27-22-10-5-17(2)18(3)15-22/h5-15H,4,16H2,1-3H3,(H,27,31). The Morgan fingerprint density at radius 1 is 0.969 bits per heavy atom. The zero-order valence-electron chi connectivity index (χ0n) is 18.4. The van der Waals surface area contributed by atoms with Crippen molar-refractivity contribution in [2.45, 2.75) is 38.2 Å². The van der Waals surface area contributed by atoms with Crippen LogP contribution in [-0.4, -0.2) is 25.7 Å². The number of amides is 1. The number of hydrogen-bond donors (Lipinski definition) is 1. The molecule has 0 fully saturated rings.